The van der Waals surface area contributed by atoms with Crippen LogP contribution in [0.1, 0.15) is 12.0 Å². The van der Waals surface area contributed by atoms with Crippen LogP contribution in [0.3, 0.4) is 0 Å². The second kappa shape index (κ2) is 5.48. The number of nitrogens with zero attached hydrogens (tertiary/aromatic N) is 2. The zero-order valence-electron chi connectivity index (χ0n) is 9.86. The summed E-state index contributed by atoms with van der Waals surface area (Å²) in [4.78, 5) is 3.97. The number of aryl methyl sites for hydroxylation is 2. The molecule has 0 atom stereocenters. The summed E-state index contributed by atoms with van der Waals surface area (Å²) in [6, 6.07) is 5.09. The molecule has 0 amide bonds. The van der Waals surface area contributed by atoms with Crippen LogP contribution in [0.5, 0.6) is 0 Å². The number of hydrogen-bond donors (Lipinski definition) is 1. The Morgan fingerprint density at radius 3 is 3.06 bits per heavy atom. The van der Waals surface area contributed by atoms with Gasteiger partial charge in [-0.15, -0.1) is 0 Å². The molecule has 3 nitrogen and oxygen atoms in total. The lowest BCUT2D eigenvalue weighted by Crippen LogP contribution is -2.07. The van der Waals surface area contributed by atoms with Crippen LogP contribution in [-0.4, -0.2) is 16.1 Å². The summed E-state index contributed by atoms with van der Waals surface area (Å²) in [5.74, 6) is -0.196. The summed E-state index contributed by atoms with van der Waals surface area (Å²) in [5.41, 5.74) is 1.64. The maximum Gasteiger partial charge on any atom is 0.146 e. The van der Waals surface area contributed by atoms with Crippen LogP contribution in [0, 0.1) is 12.7 Å². The Hall–Kier alpha value is -1.84. The molecular weight excluding hydrogens is 217 g/mol. The third-order valence-corrected chi connectivity index (χ3v) is 2.59. The number of aromatic nitrogens is 2. The molecule has 0 spiro atoms. The smallest absolute Gasteiger partial charge is 0.146 e. The first kappa shape index (κ1) is 11.6. The van der Waals surface area contributed by atoms with Gasteiger partial charge in [-0.2, -0.15) is 0 Å². The van der Waals surface area contributed by atoms with Crippen LogP contribution in [-0.2, 0) is 6.54 Å². The molecule has 4 heteroatoms. The first-order valence-electron chi connectivity index (χ1n) is 5.71. The predicted molar refractivity (Wildman–Crippen MR) is 66.5 cm³/mol. The monoisotopic (exact) mass is 233 g/mol. The standard InChI is InChI=1S/C13H16FN3/c1-11-3-4-12(14)13(9-11)16-5-2-7-17-8-6-15-10-17/h3-4,6,8-10,16H,2,5,7H2,1H3. The van der Waals surface area contributed by atoms with Gasteiger partial charge in [-0.05, 0) is 31.0 Å². The molecular formula is C13H16FN3. The Labute approximate surface area is 100 Å². The van der Waals surface area contributed by atoms with E-state index in [1.165, 1.54) is 6.07 Å². The van der Waals surface area contributed by atoms with E-state index in [-0.39, 0.29) is 5.82 Å². The lowest BCUT2D eigenvalue weighted by atomic mass is 10.2. The van der Waals surface area contributed by atoms with Crippen molar-refractivity contribution in [3.05, 3.63) is 48.3 Å². The Morgan fingerprint density at radius 2 is 2.29 bits per heavy atom. The highest BCUT2D eigenvalue weighted by Crippen LogP contribution is 2.15. The van der Waals surface area contributed by atoms with E-state index in [1.807, 2.05) is 23.8 Å². The van der Waals surface area contributed by atoms with Crippen LogP contribution in [0.2, 0.25) is 0 Å². The molecule has 2 rings (SSSR count). The highest BCUT2D eigenvalue weighted by Gasteiger charge is 2.00. The van der Waals surface area contributed by atoms with E-state index in [2.05, 4.69) is 10.3 Å². The van der Waals surface area contributed by atoms with Crippen molar-refractivity contribution in [2.24, 2.45) is 0 Å². The number of halogens is 1. The minimum Gasteiger partial charge on any atom is -0.383 e. The molecule has 90 valence electrons. The van der Waals surface area contributed by atoms with Crippen molar-refractivity contribution in [1.29, 1.82) is 0 Å². The van der Waals surface area contributed by atoms with Crippen molar-refractivity contribution in [3.63, 3.8) is 0 Å². The summed E-state index contributed by atoms with van der Waals surface area (Å²) >= 11 is 0. The normalized spacial score (nSPS) is 10.5. The number of rotatable bonds is 5. The van der Waals surface area contributed by atoms with Gasteiger partial charge in [0.1, 0.15) is 5.82 Å². The maximum absolute atomic E-state index is 13.4. The number of anilines is 1. The fourth-order valence-electron chi connectivity index (χ4n) is 1.68. The van der Waals surface area contributed by atoms with Crippen LogP contribution in [0.25, 0.3) is 0 Å². The average molecular weight is 233 g/mol. The first-order chi connectivity index (χ1) is 8.25. The van der Waals surface area contributed by atoms with Gasteiger partial charge < -0.3 is 9.88 Å². The summed E-state index contributed by atoms with van der Waals surface area (Å²) in [7, 11) is 0. The highest BCUT2D eigenvalue weighted by molar-refractivity contribution is 5.46. The predicted octanol–water partition coefficient (Wildman–Crippen LogP) is 2.83. The van der Waals surface area contributed by atoms with Gasteiger partial charge in [0.25, 0.3) is 0 Å². The lowest BCUT2D eigenvalue weighted by Gasteiger charge is -2.08. The van der Waals surface area contributed by atoms with Gasteiger partial charge >= 0.3 is 0 Å². The zero-order chi connectivity index (χ0) is 12.1. The van der Waals surface area contributed by atoms with Crippen molar-refractivity contribution in [2.75, 3.05) is 11.9 Å². The van der Waals surface area contributed by atoms with E-state index < -0.39 is 0 Å². The quantitative estimate of drug-likeness (QED) is 0.805. The van der Waals surface area contributed by atoms with Crippen molar-refractivity contribution in [3.8, 4) is 0 Å². The van der Waals surface area contributed by atoms with Crippen molar-refractivity contribution in [2.45, 2.75) is 19.9 Å². The molecule has 0 aliphatic heterocycles. The first-order valence-corrected chi connectivity index (χ1v) is 5.71. The number of benzene rings is 1. The minimum atomic E-state index is -0.196. The third kappa shape index (κ3) is 3.31. The molecule has 0 aliphatic carbocycles. The third-order valence-electron chi connectivity index (χ3n) is 2.59. The van der Waals surface area contributed by atoms with Gasteiger partial charge in [0.15, 0.2) is 0 Å². The SMILES string of the molecule is Cc1ccc(F)c(NCCCn2ccnc2)c1. The number of hydrogen-bond acceptors (Lipinski definition) is 2. The number of nitrogens with one attached hydrogen (secondary N) is 1. The molecule has 1 aromatic heterocycles. The molecule has 17 heavy (non-hydrogen) atoms. The van der Waals surface area contributed by atoms with E-state index >= 15 is 0 Å². The minimum absolute atomic E-state index is 0.196. The summed E-state index contributed by atoms with van der Waals surface area (Å²) in [6.07, 6.45) is 6.40. The topological polar surface area (TPSA) is 29.9 Å². The van der Waals surface area contributed by atoms with E-state index in [4.69, 9.17) is 0 Å². The van der Waals surface area contributed by atoms with Gasteiger partial charge in [-0.3, -0.25) is 0 Å². The average Bonchev–Trinajstić information content (AvgIpc) is 2.82. The summed E-state index contributed by atoms with van der Waals surface area (Å²) < 4.78 is 15.4. The highest BCUT2D eigenvalue weighted by atomic mass is 19.1. The molecule has 1 N–H and O–H groups in total. The number of imidazole rings is 1. The molecule has 0 unspecified atom stereocenters. The Kier molecular flexibility index (Phi) is 3.75. The van der Waals surface area contributed by atoms with Crippen LogP contribution >= 0.6 is 0 Å². The lowest BCUT2D eigenvalue weighted by molar-refractivity contribution is 0.624. The summed E-state index contributed by atoms with van der Waals surface area (Å²) in [6.45, 7) is 3.59. The molecule has 2 aromatic rings. The van der Waals surface area contributed by atoms with E-state index in [0.717, 1.165) is 25.1 Å². The van der Waals surface area contributed by atoms with Crippen LogP contribution in [0.15, 0.2) is 36.9 Å². The fourth-order valence-corrected chi connectivity index (χ4v) is 1.68. The van der Waals surface area contributed by atoms with Crippen LogP contribution < -0.4 is 5.32 Å². The second-order valence-corrected chi connectivity index (χ2v) is 4.06. The second-order valence-electron chi connectivity index (χ2n) is 4.06. The Balaban J connectivity index is 1.80. The van der Waals surface area contributed by atoms with Crippen molar-refractivity contribution in [1.82, 2.24) is 9.55 Å². The van der Waals surface area contributed by atoms with Crippen LogP contribution in [0.4, 0.5) is 10.1 Å². The maximum atomic E-state index is 13.4. The van der Waals surface area contributed by atoms with E-state index in [9.17, 15) is 4.39 Å². The van der Waals surface area contributed by atoms with E-state index in [1.54, 1.807) is 18.6 Å². The molecule has 1 aromatic carbocycles. The van der Waals surface area contributed by atoms with Gasteiger partial charge in [0.05, 0.1) is 12.0 Å². The molecule has 1 heterocycles. The molecule has 0 aliphatic rings. The summed E-state index contributed by atoms with van der Waals surface area (Å²) in [5, 5.41) is 3.11. The molecule has 0 saturated carbocycles. The van der Waals surface area contributed by atoms with Gasteiger partial charge in [0, 0.05) is 25.5 Å². The van der Waals surface area contributed by atoms with Gasteiger partial charge in [0.2, 0.25) is 0 Å². The van der Waals surface area contributed by atoms with E-state index in [0.29, 0.717) is 5.69 Å². The van der Waals surface area contributed by atoms with Crippen molar-refractivity contribution >= 4 is 5.69 Å². The Morgan fingerprint density at radius 1 is 1.41 bits per heavy atom. The van der Waals surface area contributed by atoms with Crippen molar-refractivity contribution < 1.29 is 4.39 Å². The van der Waals surface area contributed by atoms with Gasteiger partial charge in [-0.25, -0.2) is 9.37 Å². The zero-order valence-corrected chi connectivity index (χ0v) is 9.86. The molecule has 0 radical (unpaired) electrons. The Bertz CT molecular complexity index is 466. The molecule has 0 bridgehead atoms. The van der Waals surface area contributed by atoms with Gasteiger partial charge in [-0.1, -0.05) is 6.07 Å². The fraction of sp³-hybridized carbons (Fsp3) is 0.308. The molecule has 0 saturated heterocycles. The largest absolute Gasteiger partial charge is 0.383 e. The molecule has 0 fully saturated rings.